The highest BCUT2D eigenvalue weighted by molar-refractivity contribution is 5.96. The van der Waals surface area contributed by atoms with Crippen LogP contribution in [0.15, 0.2) is 52.9 Å². The van der Waals surface area contributed by atoms with Crippen molar-refractivity contribution in [3.8, 4) is 22.9 Å². The number of nitrogens with zero attached hydrogens (tertiary/aromatic N) is 2. The maximum atomic E-state index is 12.2. The topological polar surface area (TPSA) is 97.1 Å². The molecule has 7 nitrogen and oxygen atoms in total. The second kappa shape index (κ2) is 8.26. The summed E-state index contributed by atoms with van der Waals surface area (Å²) < 4.78 is 5.75. The molecular weight excluding hydrogens is 368 g/mol. The fourth-order valence-corrected chi connectivity index (χ4v) is 2.64. The van der Waals surface area contributed by atoms with Crippen LogP contribution < -0.4 is 10.6 Å². The van der Waals surface area contributed by atoms with Crippen LogP contribution >= 0.6 is 0 Å². The van der Waals surface area contributed by atoms with Gasteiger partial charge in [0.15, 0.2) is 0 Å². The van der Waals surface area contributed by atoms with Gasteiger partial charge >= 0.3 is 0 Å². The predicted molar refractivity (Wildman–Crippen MR) is 110 cm³/mol. The van der Waals surface area contributed by atoms with Crippen molar-refractivity contribution in [1.82, 2.24) is 20.8 Å². The molecule has 3 rings (SSSR count). The molecule has 0 fully saturated rings. The van der Waals surface area contributed by atoms with E-state index in [0.717, 1.165) is 11.1 Å². The quantitative estimate of drug-likeness (QED) is 0.694. The monoisotopic (exact) mass is 392 g/mol. The van der Waals surface area contributed by atoms with Crippen LogP contribution in [0.3, 0.4) is 0 Å². The third kappa shape index (κ3) is 5.51. The van der Waals surface area contributed by atoms with Crippen molar-refractivity contribution in [3.63, 3.8) is 0 Å². The Morgan fingerprint density at radius 3 is 1.93 bits per heavy atom. The Bertz CT molecular complexity index is 1000. The van der Waals surface area contributed by atoms with E-state index in [1.807, 2.05) is 52.0 Å². The van der Waals surface area contributed by atoms with Crippen molar-refractivity contribution in [2.45, 2.75) is 33.2 Å². The third-order valence-corrected chi connectivity index (χ3v) is 4.04. The van der Waals surface area contributed by atoms with E-state index < -0.39 is 0 Å². The van der Waals surface area contributed by atoms with E-state index >= 15 is 0 Å². The Morgan fingerprint density at radius 2 is 1.41 bits per heavy atom. The fourth-order valence-electron chi connectivity index (χ4n) is 2.64. The van der Waals surface area contributed by atoms with E-state index in [1.165, 1.54) is 0 Å². The van der Waals surface area contributed by atoms with Crippen LogP contribution in [0.2, 0.25) is 0 Å². The first-order valence-electron chi connectivity index (χ1n) is 9.31. The van der Waals surface area contributed by atoms with E-state index in [0.29, 0.717) is 22.9 Å². The highest BCUT2D eigenvalue weighted by atomic mass is 16.4. The van der Waals surface area contributed by atoms with Crippen molar-refractivity contribution >= 4 is 11.8 Å². The first kappa shape index (κ1) is 20.3. The molecule has 0 atom stereocenters. The summed E-state index contributed by atoms with van der Waals surface area (Å²) >= 11 is 0. The summed E-state index contributed by atoms with van der Waals surface area (Å²) in [6.07, 6.45) is 0. The van der Waals surface area contributed by atoms with Crippen LogP contribution in [0.1, 0.15) is 36.7 Å². The summed E-state index contributed by atoms with van der Waals surface area (Å²) in [5, 5.41) is 13.6. The maximum Gasteiger partial charge on any atom is 0.251 e. The summed E-state index contributed by atoms with van der Waals surface area (Å²) in [7, 11) is 0. The lowest BCUT2D eigenvalue weighted by Crippen LogP contribution is -2.45. The molecule has 0 spiro atoms. The summed E-state index contributed by atoms with van der Waals surface area (Å²) in [4.78, 5) is 24.1. The number of hydrogen-bond donors (Lipinski definition) is 2. The number of aromatic nitrogens is 2. The molecule has 2 amide bonds. The number of aryl methyl sites for hydroxylation is 1. The van der Waals surface area contributed by atoms with E-state index in [2.05, 4.69) is 20.8 Å². The van der Waals surface area contributed by atoms with Crippen molar-refractivity contribution in [3.05, 3.63) is 59.7 Å². The van der Waals surface area contributed by atoms with Gasteiger partial charge in [0.2, 0.25) is 17.7 Å². The van der Waals surface area contributed by atoms with Gasteiger partial charge in [0.25, 0.3) is 5.91 Å². The van der Waals surface area contributed by atoms with E-state index in [1.54, 1.807) is 24.3 Å². The molecule has 0 aliphatic carbocycles. The minimum atomic E-state index is -0.342. The molecule has 0 radical (unpaired) electrons. The normalized spacial score (nSPS) is 11.2. The van der Waals surface area contributed by atoms with Crippen LogP contribution in [0.5, 0.6) is 0 Å². The molecule has 0 saturated carbocycles. The first-order valence-corrected chi connectivity index (χ1v) is 9.31. The molecule has 29 heavy (non-hydrogen) atoms. The van der Waals surface area contributed by atoms with Gasteiger partial charge in [-0.05, 0) is 64.1 Å². The largest absolute Gasteiger partial charge is 0.416 e. The van der Waals surface area contributed by atoms with Crippen molar-refractivity contribution < 1.29 is 14.0 Å². The second-order valence-electron chi connectivity index (χ2n) is 7.84. The molecule has 0 unspecified atom stereocenters. The van der Waals surface area contributed by atoms with E-state index in [9.17, 15) is 9.59 Å². The minimum Gasteiger partial charge on any atom is -0.416 e. The summed E-state index contributed by atoms with van der Waals surface area (Å²) in [5.74, 6) is 0.243. The lowest BCUT2D eigenvalue weighted by Gasteiger charge is -2.20. The zero-order valence-electron chi connectivity index (χ0n) is 16.9. The molecule has 0 bridgehead atoms. The Labute approximate surface area is 169 Å². The number of amides is 2. The molecule has 7 heteroatoms. The number of hydrogen-bond acceptors (Lipinski definition) is 5. The Hall–Kier alpha value is -3.48. The Balaban J connectivity index is 1.63. The van der Waals surface area contributed by atoms with Crippen molar-refractivity contribution in [2.24, 2.45) is 0 Å². The molecule has 1 aromatic heterocycles. The number of carbonyl (C=O) groups is 2. The highest BCUT2D eigenvalue weighted by Crippen LogP contribution is 2.24. The first-order chi connectivity index (χ1) is 13.7. The highest BCUT2D eigenvalue weighted by Gasteiger charge is 2.15. The zero-order chi connectivity index (χ0) is 21.0. The molecule has 1 heterocycles. The fraction of sp³-hybridized carbons (Fsp3) is 0.273. The van der Waals surface area contributed by atoms with Crippen molar-refractivity contribution in [2.75, 3.05) is 6.54 Å². The van der Waals surface area contributed by atoms with Crippen LogP contribution in [-0.2, 0) is 4.79 Å². The number of nitrogens with one attached hydrogen (secondary N) is 2. The van der Waals surface area contributed by atoms with Gasteiger partial charge in [0.1, 0.15) is 0 Å². The second-order valence-corrected chi connectivity index (χ2v) is 7.84. The van der Waals surface area contributed by atoms with Gasteiger partial charge in [-0.25, -0.2) is 0 Å². The van der Waals surface area contributed by atoms with Gasteiger partial charge in [-0.2, -0.15) is 0 Å². The lowest BCUT2D eigenvalue weighted by molar-refractivity contribution is -0.121. The number of carbonyl (C=O) groups excluding carboxylic acids is 2. The third-order valence-electron chi connectivity index (χ3n) is 4.04. The minimum absolute atomic E-state index is 0.0819. The van der Waals surface area contributed by atoms with Crippen LogP contribution in [0.4, 0.5) is 0 Å². The Kier molecular flexibility index (Phi) is 5.77. The predicted octanol–water partition coefficient (Wildman–Crippen LogP) is 3.36. The summed E-state index contributed by atoms with van der Waals surface area (Å²) in [6.45, 7) is 7.58. The van der Waals surface area contributed by atoms with Gasteiger partial charge in [0, 0.05) is 22.2 Å². The van der Waals surface area contributed by atoms with Crippen molar-refractivity contribution in [1.29, 1.82) is 0 Å². The molecule has 0 aliphatic rings. The number of rotatable bonds is 5. The Morgan fingerprint density at radius 1 is 0.897 bits per heavy atom. The van der Waals surface area contributed by atoms with Crippen LogP contribution in [-0.4, -0.2) is 34.1 Å². The molecule has 0 aliphatic heterocycles. The standard InChI is InChI=1S/C22H24N4O3/c1-14-5-7-16(8-6-14)20-25-26-21(29-20)17-11-9-15(10-12-17)19(28)23-13-18(27)24-22(2,3)4/h5-12H,13H2,1-4H3,(H,23,28)(H,24,27). The molecule has 150 valence electrons. The average Bonchev–Trinajstić information content (AvgIpc) is 3.15. The molecule has 2 aromatic carbocycles. The average molecular weight is 392 g/mol. The molecule has 2 N–H and O–H groups in total. The van der Waals surface area contributed by atoms with Crippen LogP contribution in [0, 0.1) is 6.92 Å². The number of benzene rings is 2. The van der Waals surface area contributed by atoms with Gasteiger partial charge < -0.3 is 15.1 Å². The summed E-state index contributed by atoms with van der Waals surface area (Å²) in [6, 6.07) is 14.6. The maximum absolute atomic E-state index is 12.2. The van der Waals surface area contributed by atoms with Gasteiger partial charge in [0.05, 0.1) is 6.54 Å². The lowest BCUT2D eigenvalue weighted by atomic mass is 10.1. The van der Waals surface area contributed by atoms with Gasteiger partial charge in [-0.3, -0.25) is 9.59 Å². The molecular formula is C22H24N4O3. The molecule has 3 aromatic rings. The summed E-state index contributed by atoms with van der Waals surface area (Å²) in [5.41, 5.74) is 2.80. The van der Waals surface area contributed by atoms with E-state index in [-0.39, 0.29) is 23.9 Å². The molecule has 0 saturated heterocycles. The van der Waals surface area contributed by atoms with Crippen LogP contribution in [0.25, 0.3) is 22.9 Å². The SMILES string of the molecule is Cc1ccc(-c2nnc(-c3ccc(C(=O)NCC(=O)NC(C)(C)C)cc3)o2)cc1. The smallest absolute Gasteiger partial charge is 0.251 e. The van der Waals surface area contributed by atoms with Gasteiger partial charge in [-0.1, -0.05) is 17.7 Å². The van der Waals surface area contributed by atoms with E-state index in [4.69, 9.17) is 4.42 Å². The zero-order valence-corrected chi connectivity index (χ0v) is 16.9. The van der Waals surface area contributed by atoms with Gasteiger partial charge in [-0.15, -0.1) is 10.2 Å².